The molecule has 0 bridgehead atoms. The molecule has 0 saturated carbocycles. The van der Waals surface area contributed by atoms with Crippen molar-refractivity contribution in [1.29, 1.82) is 0 Å². The van der Waals surface area contributed by atoms with Gasteiger partial charge in [0.2, 0.25) is 0 Å². The summed E-state index contributed by atoms with van der Waals surface area (Å²) in [5.41, 5.74) is 2.00. The standard InChI is InChI=1S/C20H20FN5/c21-17-6-2-1-5-16(17)20-25-18(14-4-3-9-23-13-14)12-19(26-20)24-15-7-10-22-11-8-15/h1-6,9,12-13,15,22H,7-8,10-11H2,(H,24,25,26). The Kier molecular flexibility index (Phi) is 4.84. The average molecular weight is 349 g/mol. The van der Waals surface area contributed by atoms with E-state index >= 15 is 0 Å². The molecule has 3 aromatic rings. The summed E-state index contributed by atoms with van der Waals surface area (Å²) in [4.78, 5) is 13.3. The molecule has 1 fully saturated rings. The highest BCUT2D eigenvalue weighted by molar-refractivity contribution is 5.67. The van der Waals surface area contributed by atoms with Crippen molar-refractivity contribution in [2.75, 3.05) is 18.4 Å². The van der Waals surface area contributed by atoms with Gasteiger partial charge in [-0.05, 0) is 50.2 Å². The van der Waals surface area contributed by atoms with Crippen molar-refractivity contribution < 1.29 is 4.39 Å². The van der Waals surface area contributed by atoms with E-state index in [0.29, 0.717) is 23.2 Å². The molecule has 2 aromatic heterocycles. The summed E-state index contributed by atoms with van der Waals surface area (Å²) < 4.78 is 14.3. The lowest BCUT2D eigenvalue weighted by atomic mass is 10.1. The number of nitrogens with zero attached hydrogens (tertiary/aromatic N) is 3. The molecule has 6 heteroatoms. The van der Waals surface area contributed by atoms with Crippen LogP contribution in [0.4, 0.5) is 10.2 Å². The monoisotopic (exact) mass is 349 g/mol. The molecule has 1 saturated heterocycles. The Morgan fingerprint density at radius 2 is 1.88 bits per heavy atom. The predicted octanol–water partition coefficient (Wildman–Crippen LogP) is 3.51. The van der Waals surface area contributed by atoms with Crippen LogP contribution in [0.5, 0.6) is 0 Å². The molecule has 3 heterocycles. The van der Waals surface area contributed by atoms with Crippen molar-refractivity contribution in [1.82, 2.24) is 20.3 Å². The number of piperidine rings is 1. The largest absolute Gasteiger partial charge is 0.367 e. The summed E-state index contributed by atoms with van der Waals surface area (Å²) >= 11 is 0. The van der Waals surface area contributed by atoms with Crippen molar-refractivity contribution in [3.63, 3.8) is 0 Å². The second-order valence-electron chi connectivity index (χ2n) is 6.35. The Balaban J connectivity index is 1.75. The molecule has 4 rings (SSSR count). The van der Waals surface area contributed by atoms with Crippen LogP contribution in [0.15, 0.2) is 54.9 Å². The van der Waals surface area contributed by atoms with Crippen molar-refractivity contribution in [2.45, 2.75) is 18.9 Å². The highest BCUT2D eigenvalue weighted by Gasteiger charge is 2.16. The van der Waals surface area contributed by atoms with Gasteiger partial charge < -0.3 is 10.6 Å². The van der Waals surface area contributed by atoms with Crippen molar-refractivity contribution in [3.8, 4) is 22.6 Å². The highest BCUT2D eigenvalue weighted by atomic mass is 19.1. The lowest BCUT2D eigenvalue weighted by molar-refractivity contribution is 0.478. The molecule has 1 aliphatic rings. The minimum atomic E-state index is -0.330. The quantitative estimate of drug-likeness (QED) is 0.755. The van der Waals surface area contributed by atoms with E-state index in [9.17, 15) is 4.39 Å². The lowest BCUT2D eigenvalue weighted by Crippen LogP contribution is -2.35. The normalized spacial score (nSPS) is 15.0. The first kappa shape index (κ1) is 16.6. The van der Waals surface area contributed by atoms with Gasteiger partial charge >= 0.3 is 0 Å². The van der Waals surface area contributed by atoms with Crippen molar-refractivity contribution in [2.24, 2.45) is 0 Å². The summed E-state index contributed by atoms with van der Waals surface area (Å²) in [5, 5.41) is 6.84. The smallest absolute Gasteiger partial charge is 0.165 e. The third-order valence-corrected chi connectivity index (χ3v) is 4.49. The molecule has 2 N–H and O–H groups in total. The summed E-state index contributed by atoms with van der Waals surface area (Å²) in [5.74, 6) is 0.758. The first-order valence-electron chi connectivity index (χ1n) is 8.81. The summed E-state index contributed by atoms with van der Waals surface area (Å²) in [7, 11) is 0. The Bertz CT molecular complexity index is 878. The third kappa shape index (κ3) is 3.70. The Morgan fingerprint density at radius 1 is 1.04 bits per heavy atom. The molecule has 0 atom stereocenters. The number of aromatic nitrogens is 3. The average Bonchev–Trinajstić information content (AvgIpc) is 2.69. The number of hydrogen-bond acceptors (Lipinski definition) is 5. The van der Waals surface area contributed by atoms with Gasteiger partial charge in [-0.1, -0.05) is 12.1 Å². The number of anilines is 1. The number of nitrogens with one attached hydrogen (secondary N) is 2. The maximum atomic E-state index is 14.3. The van der Waals surface area contributed by atoms with Crippen LogP contribution >= 0.6 is 0 Å². The zero-order valence-corrected chi connectivity index (χ0v) is 14.3. The first-order chi connectivity index (χ1) is 12.8. The molecule has 0 spiro atoms. The number of hydrogen-bond donors (Lipinski definition) is 2. The van der Waals surface area contributed by atoms with E-state index in [0.717, 1.165) is 37.2 Å². The van der Waals surface area contributed by atoms with Gasteiger partial charge in [-0.15, -0.1) is 0 Å². The number of rotatable bonds is 4. The van der Waals surface area contributed by atoms with E-state index in [1.807, 2.05) is 18.2 Å². The molecular weight excluding hydrogens is 329 g/mol. The Morgan fingerprint density at radius 3 is 2.65 bits per heavy atom. The van der Waals surface area contributed by atoms with Gasteiger partial charge in [-0.25, -0.2) is 14.4 Å². The van der Waals surface area contributed by atoms with E-state index in [4.69, 9.17) is 0 Å². The van der Waals surface area contributed by atoms with Crippen LogP contribution in [-0.4, -0.2) is 34.1 Å². The maximum Gasteiger partial charge on any atom is 0.165 e. The van der Waals surface area contributed by atoms with E-state index in [1.165, 1.54) is 6.07 Å². The van der Waals surface area contributed by atoms with Crippen LogP contribution in [0.2, 0.25) is 0 Å². The molecule has 0 amide bonds. The van der Waals surface area contributed by atoms with Gasteiger partial charge in [0.25, 0.3) is 0 Å². The molecule has 1 aromatic carbocycles. The zero-order chi connectivity index (χ0) is 17.8. The van der Waals surface area contributed by atoms with Gasteiger partial charge in [-0.2, -0.15) is 0 Å². The first-order valence-corrected chi connectivity index (χ1v) is 8.81. The summed E-state index contributed by atoms with van der Waals surface area (Å²) in [6, 6.07) is 12.6. The fourth-order valence-corrected chi connectivity index (χ4v) is 3.12. The van der Waals surface area contributed by atoms with Crippen molar-refractivity contribution >= 4 is 5.82 Å². The van der Waals surface area contributed by atoms with Crippen LogP contribution in [-0.2, 0) is 0 Å². The fourth-order valence-electron chi connectivity index (χ4n) is 3.12. The van der Waals surface area contributed by atoms with Crippen LogP contribution in [0.1, 0.15) is 12.8 Å². The predicted molar refractivity (Wildman–Crippen MR) is 100 cm³/mol. The maximum absolute atomic E-state index is 14.3. The van der Waals surface area contributed by atoms with Gasteiger partial charge in [0.05, 0.1) is 11.3 Å². The molecule has 1 aliphatic heterocycles. The molecule has 132 valence electrons. The third-order valence-electron chi connectivity index (χ3n) is 4.49. The fraction of sp³-hybridized carbons (Fsp3) is 0.250. The van der Waals surface area contributed by atoms with Crippen LogP contribution in [0, 0.1) is 5.82 Å². The molecule has 0 unspecified atom stereocenters. The minimum Gasteiger partial charge on any atom is -0.367 e. The summed E-state index contributed by atoms with van der Waals surface area (Å²) in [6.45, 7) is 1.97. The second kappa shape index (κ2) is 7.58. The Labute approximate surface area is 151 Å². The molecule has 0 radical (unpaired) electrons. The number of pyridine rings is 1. The van der Waals surface area contributed by atoms with Crippen LogP contribution in [0.25, 0.3) is 22.6 Å². The highest BCUT2D eigenvalue weighted by Crippen LogP contribution is 2.26. The van der Waals surface area contributed by atoms with Gasteiger partial charge in [-0.3, -0.25) is 4.98 Å². The van der Waals surface area contributed by atoms with Gasteiger partial charge in [0.15, 0.2) is 5.82 Å². The topological polar surface area (TPSA) is 62.7 Å². The lowest BCUT2D eigenvalue weighted by Gasteiger charge is -2.24. The molecular formula is C20H20FN5. The number of benzene rings is 1. The summed E-state index contributed by atoms with van der Waals surface area (Å²) in [6.07, 6.45) is 5.53. The van der Waals surface area contributed by atoms with Crippen molar-refractivity contribution in [3.05, 3.63) is 60.7 Å². The van der Waals surface area contributed by atoms with Gasteiger partial charge in [0, 0.05) is 30.1 Å². The Hall–Kier alpha value is -2.86. The second-order valence-corrected chi connectivity index (χ2v) is 6.35. The van der Waals surface area contributed by atoms with E-state index < -0.39 is 0 Å². The molecule has 0 aliphatic carbocycles. The number of halogens is 1. The molecule has 26 heavy (non-hydrogen) atoms. The minimum absolute atomic E-state index is 0.330. The molecule has 5 nitrogen and oxygen atoms in total. The zero-order valence-electron chi connectivity index (χ0n) is 14.3. The van der Waals surface area contributed by atoms with E-state index in [-0.39, 0.29) is 5.82 Å². The SMILES string of the molecule is Fc1ccccc1-c1nc(NC2CCNCC2)cc(-c2cccnc2)n1. The van der Waals surface area contributed by atoms with E-state index in [2.05, 4.69) is 25.6 Å². The van der Waals surface area contributed by atoms with Gasteiger partial charge in [0.1, 0.15) is 11.6 Å². The van der Waals surface area contributed by atoms with E-state index in [1.54, 1.807) is 30.6 Å². The van der Waals surface area contributed by atoms with Crippen LogP contribution < -0.4 is 10.6 Å². The van der Waals surface area contributed by atoms with Crippen LogP contribution in [0.3, 0.4) is 0 Å².